The summed E-state index contributed by atoms with van der Waals surface area (Å²) in [4.78, 5) is 33.9. The Labute approximate surface area is 151 Å². The second kappa shape index (κ2) is 6.89. The van der Waals surface area contributed by atoms with Gasteiger partial charge < -0.3 is 5.32 Å². The Bertz CT molecular complexity index is 1120. The highest BCUT2D eigenvalue weighted by Gasteiger charge is 2.11. The van der Waals surface area contributed by atoms with Gasteiger partial charge in [0.25, 0.3) is 5.56 Å². The fourth-order valence-corrected chi connectivity index (χ4v) is 3.28. The summed E-state index contributed by atoms with van der Waals surface area (Å²) < 4.78 is 3.03. The lowest BCUT2D eigenvalue weighted by Crippen LogP contribution is -2.23. The number of nitrogens with one attached hydrogen (secondary N) is 1. The lowest BCUT2D eigenvalue weighted by Gasteiger charge is -2.10. The average Bonchev–Trinajstić information content (AvgIpc) is 3.34. The summed E-state index contributed by atoms with van der Waals surface area (Å²) >= 11 is 1.42. The molecule has 4 aromatic rings. The Kier molecular flexibility index (Phi) is 4.28. The molecule has 0 spiro atoms. The number of aryl methyl sites for hydroxylation is 1. The van der Waals surface area contributed by atoms with E-state index in [-0.39, 0.29) is 24.4 Å². The maximum Gasteiger partial charge on any atom is 0.262 e. The number of hydrogen-bond donors (Lipinski definition) is 1. The van der Waals surface area contributed by atoms with Crippen molar-refractivity contribution < 1.29 is 4.79 Å². The van der Waals surface area contributed by atoms with E-state index in [1.54, 1.807) is 47.5 Å². The Morgan fingerprint density at radius 3 is 2.96 bits per heavy atom. The molecule has 1 N–H and O–H groups in total. The van der Waals surface area contributed by atoms with Crippen LogP contribution in [0.1, 0.15) is 6.42 Å². The average molecular weight is 366 g/mol. The number of aromatic nitrogens is 5. The van der Waals surface area contributed by atoms with Gasteiger partial charge in [-0.15, -0.1) is 11.3 Å². The number of fused-ring (bicyclic) bond motifs is 1. The number of nitrogens with zero attached hydrogens (tertiary/aromatic N) is 5. The van der Waals surface area contributed by atoms with Crippen LogP contribution < -0.4 is 10.9 Å². The van der Waals surface area contributed by atoms with Gasteiger partial charge in [-0.2, -0.15) is 5.10 Å². The van der Waals surface area contributed by atoms with Crippen LogP contribution in [0.15, 0.2) is 59.4 Å². The second-order valence-electron chi connectivity index (χ2n) is 5.51. The van der Waals surface area contributed by atoms with E-state index in [1.807, 2.05) is 5.38 Å². The van der Waals surface area contributed by atoms with Gasteiger partial charge in [-0.1, -0.05) is 0 Å². The van der Waals surface area contributed by atoms with Crippen LogP contribution in [-0.2, 0) is 11.3 Å². The highest BCUT2D eigenvalue weighted by molar-refractivity contribution is 7.16. The number of anilines is 1. The SMILES string of the molecule is O=C(CCn1cnc2sccc2c1=O)Nc1cccnc1-n1cccn1. The van der Waals surface area contributed by atoms with Crippen molar-refractivity contribution in [2.24, 2.45) is 0 Å². The number of carbonyl (C=O) groups is 1. The molecular formula is C17H14N6O2S. The van der Waals surface area contributed by atoms with Gasteiger partial charge in [0.15, 0.2) is 5.82 Å². The molecule has 26 heavy (non-hydrogen) atoms. The molecule has 0 aliphatic rings. The van der Waals surface area contributed by atoms with Crippen LogP contribution in [0.2, 0.25) is 0 Å². The minimum atomic E-state index is -0.219. The molecule has 4 rings (SSSR count). The minimum absolute atomic E-state index is 0.136. The van der Waals surface area contributed by atoms with Gasteiger partial charge >= 0.3 is 0 Å². The third-order valence-electron chi connectivity index (χ3n) is 3.81. The summed E-state index contributed by atoms with van der Waals surface area (Å²) in [5.74, 6) is 0.313. The molecule has 0 aliphatic carbocycles. The Balaban J connectivity index is 1.48. The van der Waals surface area contributed by atoms with Crippen molar-refractivity contribution in [1.82, 2.24) is 24.3 Å². The van der Waals surface area contributed by atoms with E-state index in [9.17, 15) is 9.59 Å². The molecule has 0 saturated carbocycles. The van der Waals surface area contributed by atoms with Crippen molar-refractivity contribution in [2.75, 3.05) is 5.32 Å². The molecule has 0 fully saturated rings. The molecule has 4 heterocycles. The maximum absolute atomic E-state index is 12.3. The van der Waals surface area contributed by atoms with Crippen molar-refractivity contribution >= 4 is 33.1 Å². The normalized spacial score (nSPS) is 10.9. The van der Waals surface area contributed by atoms with E-state index in [4.69, 9.17) is 0 Å². The van der Waals surface area contributed by atoms with E-state index < -0.39 is 0 Å². The molecule has 8 nitrogen and oxygen atoms in total. The number of pyridine rings is 1. The number of hydrogen-bond acceptors (Lipinski definition) is 6. The van der Waals surface area contributed by atoms with E-state index in [0.29, 0.717) is 21.7 Å². The predicted molar refractivity (Wildman–Crippen MR) is 98.5 cm³/mol. The number of amides is 1. The lowest BCUT2D eigenvalue weighted by atomic mass is 10.3. The quantitative estimate of drug-likeness (QED) is 0.583. The fourth-order valence-electron chi connectivity index (χ4n) is 2.56. The van der Waals surface area contributed by atoms with Gasteiger partial charge in [-0.3, -0.25) is 14.2 Å². The zero-order valence-corrected chi connectivity index (χ0v) is 14.4. The first-order valence-corrected chi connectivity index (χ1v) is 8.78. The molecule has 0 bridgehead atoms. The summed E-state index contributed by atoms with van der Waals surface area (Å²) in [6, 6.07) is 7.02. The van der Waals surface area contributed by atoms with Crippen molar-refractivity contribution in [2.45, 2.75) is 13.0 Å². The third kappa shape index (κ3) is 3.11. The zero-order valence-electron chi connectivity index (χ0n) is 13.6. The molecule has 0 unspecified atom stereocenters. The van der Waals surface area contributed by atoms with Crippen LogP contribution in [0.25, 0.3) is 16.0 Å². The molecule has 0 saturated heterocycles. The van der Waals surface area contributed by atoms with Crippen molar-refractivity contribution in [3.63, 3.8) is 0 Å². The Hall–Kier alpha value is -3.33. The monoisotopic (exact) mass is 366 g/mol. The molecule has 9 heteroatoms. The van der Waals surface area contributed by atoms with E-state index >= 15 is 0 Å². The van der Waals surface area contributed by atoms with Crippen molar-refractivity contribution in [3.05, 3.63) is 64.9 Å². The molecule has 1 amide bonds. The summed E-state index contributed by atoms with van der Waals surface area (Å²) in [6.45, 7) is 0.251. The van der Waals surface area contributed by atoms with E-state index in [2.05, 4.69) is 20.4 Å². The molecule has 0 aromatic carbocycles. The van der Waals surface area contributed by atoms with E-state index in [0.717, 1.165) is 0 Å². The zero-order chi connectivity index (χ0) is 17.9. The molecule has 0 radical (unpaired) electrons. The van der Waals surface area contributed by atoms with Crippen LogP contribution in [0.4, 0.5) is 5.69 Å². The summed E-state index contributed by atoms with van der Waals surface area (Å²) in [5, 5.41) is 9.36. The Morgan fingerprint density at radius 1 is 1.19 bits per heavy atom. The maximum atomic E-state index is 12.3. The van der Waals surface area contributed by atoms with E-state index in [1.165, 1.54) is 22.2 Å². The number of thiophene rings is 1. The highest BCUT2D eigenvalue weighted by atomic mass is 32.1. The van der Waals surface area contributed by atoms with Gasteiger partial charge in [-0.25, -0.2) is 14.6 Å². The molecule has 130 valence electrons. The first-order chi connectivity index (χ1) is 12.7. The summed E-state index contributed by atoms with van der Waals surface area (Å²) in [6.07, 6.45) is 6.64. The molecule has 4 aromatic heterocycles. The predicted octanol–water partition coefficient (Wildman–Crippen LogP) is 2.07. The molecule has 0 aliphatic heterocycles. The third-order valence-corrected chi connectivity index (χ3v) is 4.63. The summed E-state index contributed by atoms with van der Waals surface area (Å²) in [7, 11) is 0. The first-order valence-electron chi connectivity index (χ1n) is 7.90. The van der Waals surface area contributed by atoms with Crippen LogP contribution in [0.3, 0.4) is 0 Å². The summed E-state index contributed by atoms with van der Waals surface area (Å²) in [5.41, 5.74) is 0.419. The number of rotatable bonds is 5. The van der Waals surface area contributed by atoms with Crippen LogP contribution in [0, 0.1) is 0 Å². The molecule has 0 atom stereocenters. The molecular weight excluding hydrogens is 352 g/mol. The van der Waals surface area contributed by atoms with Crippen LogP contribution in [0.5, 0.6) is 0 Å². The van der Waals surface area contributed by atoms with Crippen molar-refractivity contribution in [1.29, 1.82) is 0 Å². The van der Waals surface area contributed by atoms with Gasteiger partial charge in [0.2, 0.25) is 5.91 Å². The van der Waals surface area contributed by atoms with Crippen LogP contribution >= 0.6 is 11.3 Å². The fraction of sp³-hybridized carbons (Fsp3) is 0.118. The van der Waals surface area contributed by atoms with Gasteiger partial charge in [-0.05, 0) is 29.6 Å². The largest absolute Gasteiger partial charge is 0.323 e. The van der Waals surface area contributed by atoms with Gasteiger partial charge in [0.1, 0.15) is 4.83 Å². The highest BCUT2D eigenvalue weighted by Crippen LogP contribution is 2.16. The lowest BCUT2D eigenvalue weighted by molar-refractivity contribution is -0.116. The number of carbonyl (C=O) groups excluding carboxylic acids is 1. The van der Waals surface area contributed by atoms with Crippen molar-refractivity contribution in [3.8, 4) is 5.82 Å². The van der Waals surface area contributed by atoms with Gasteiger partial charge in [0, 0.05) is 31.6 Å². The smallest absolute Gasteiger partial charge is 0.262 e. The minimum Gasteiger partial charge on any atom is -0.323 e. The standard InChI is InChI=1S/C17H14N6O2S/c24-14(4-9-22-11-19-16-12(17(22)25)5-10-26-16)21-13-3-1-6-18-15(13)23-8-2-7-20-23/h1-3,5-8,10-11H,4,9H2,(H,21,24). The topological polar surface area (TPSA) is 94.7 Å². The van der Waals surface area contributed by atoms with Crippen LogP contribution in [-0.4, -0.2) is 30.2 Å². The second-order valence-corrected chi connectivity index (χ2v) is 6.40. The first kappa shape index (κ1) is 16.2. The Morgan fingerprint density at radius 2 is 2.12 bits per heavy atom. The van der Waals surface area contributed by atoms with Gasteiger partial charge in [0.05, 0.1) is 17.4 Å².